The zero-order valence-corrected chi connectivity index (χ0v) is 19.6. The summed E-state index contributed by atoms with van der Waals surface area (Å²) in [5, 5.41) is 35.5. The van der Waals surface area contributed by atoms with Crippen LogP contribution in [0.4, 0.5) is 22.7 Å². The summed E-state index contributed by atoms with van der Waals surface area (Å²) >= 11 is 6.30. The zero-order valence-electron chi connectivity index (χ0n) is 18.9. The van der Waals surface area contributed by atoms with Gasteiger partial charge in [-0.2, -0.15) is 0 Å². The van der Waals surface area contributed by atoms with Gasteiger partial charge in [-0.1, -0.05) is 55.4 Å². The number of pyridine rings is 1. The highest BCUT2D eigenvalue weighted by atomic mass is 35.5. The van der Waals surface area contributed by atoms with Crippen molar-refractivity contribution >= 4 is 62.1 Å². The topological polar surface area (TPSA) is 148 Å². The molecule has 11 heteroatoms. The first-order valence-electron chi connectivity index (χ1n) is 10.7. The van der Waals surface area contributed by atoms with Gasteiger partial charge in [0.2, 0.25) is 0 Å². The summed E-state index contributed by atoms with van der Waals surface area (Å²) < 4.78 is 0. The van der Waals surface area contributed by atoms with Gasteiger partial charge >= 0.3 is 5.97 Å². The molecular formula is C27H21ClN4O6. The molecule has 5 rings (SSSR count). The molecule has 0 aliphatic rings. The molecule has 0 spiro atoms. The fraction of sp³-hybridized carbons (Fsp3) is 0.0370. The van der Waals surface area contributed by atoms with Crippen molar-refractivity contribution in [2.45, 2.75) is 7.43 Å². The number of carbonyl (C=O) groups is 1. The molecule has 0 saturated carbocycles. The average molecular weight is 533 g/mol. The molecule has 0 saturated heterocycles. The van der Waals surface area contributed by atoms with Crippen molar-refractivity contribution in [2.24, 2.45) is 0 Å². The lowest BCUT2D eigenvalue weighted by Gasteiger charge is -2.09. The predicted molar refractivity (Wildman–Crippen MR) is 147 cm³/mol. The van der Waals surface area contributed by atoms with Gasteiger partial charge in [-0.3, -0.25) is 20.2 Å². The van der Waals surface area contributed by atoms with Gasteiger partial charge in [-0.15, -0.1) is 0 Å². The maximum atomic E-state index is 11.1. The Kier molecular flexibility index (Phi) is 8.51. The van der Waals surface area contributed by atoms with Gasteiger partial charge < -0.3 is 10.4 Å². The lowest BCUT2D eigenvalue weighted by Crippen LogP contribution is -2.03. The van der Waals surface area contributed by atoms with E-state index in [2.05, 4.69) is 10.3 Å². The monoisotopic (exact) mass is 532 g/mol. The van der Waals surface area contributed by atoms with E-state index < -0.39 is 15.8 Å². The van der Waals surface area contributed by atoms with E-state index in [0.717, 1.165) is 16.3 Å². The van der Waals surface area contributed by atoms with E-state index in [4.69, 9.17) is 16.7 Å². The van der Waals surface area contributed by atoms with E-state index in [1.54, 1.807) is 30.3 Å². The first kappa shape index (κ1) is 27.5. The Morgan fingerprint density at radius 3 is 2.03 bits per heavy atom. The lowest BCUT2D eigenvalue weighted by molar-refractivity contribution is -0.384. The molecule has 5 aromatic rings. The number of hydrogen-bond donors (Lipinski definition) is 2. The van der Waals surface area contributed by atoms with Crippen LogP contribution in [0.5, 0.6) is 0 Å². The third-order valence-corrected chi connectivity index (χ3v) is 5.71. The van der Waals surface area contributed by atoms with Gasteiger partial charge in [0.05, 0.1) is 37.2 Å². The van der Waals surface area contributed by atoms with Crippen LogP contribution in [0.1, 0.15) is 17.8 Å². The lowest BCUT2D eigenvalue weighted by atomic mass is 10.1. The number of nitrogens with zero attached hydrogens (tertiary/aromatic N) is 3. The van der Waals surface area contributed by atoms with Crippen molar-refractivity contribution in [3.05, 3.63) is 122 Å². The second kappa shape index (κ2) is 11.8. The number of nitro groups is 2. The molecule has 1 aromatic heterocycles. The fourth-order valence-electron chi connectivity index (χ4n) is 3.56. The molecule has 0 unspecified atom stereocenters. The quantitative estimate of drug-likeness (QED) is 0.133. The normalized spacial score (nSPS) is 10.1. The molecule has 38 heavy (non-hydrogen) atoms. The maximum absolute atomic E-state index is 11.1. The van der Waals surface area contributed by atoms with Crippen LogP contribution in [-0.4, -0.2) is 25.9 Å². The van der Waals surface area contributed by atoms with Gasteiger partial charge in [0, 0.05) is 40.7 Å². The van der Waals surface area contributed by atoms with Crippen LogP contribution in [0.2, 0.25) is 5.02 Å². The molecule has 0 amide bonds. The van der Waals surface area contributed by atoms with Crippen LogP contribution < -0.4 is 5.32 Å². The number of aromatic nitrogens is 1. The number of para-hydroxylation sites is 2. The average Bonchev–Trinajstić information content (AvgIpc) is 2.89. The zero-order chi connectivity index (χ0) is 26.5. The van der Waals surface area contributed by atoms with Crippen molar-refractivity contribution in [3.8, 4) is 0 Å². The number of nitrogens with one attached hydrogen (secondary N) is 1. The Bertz CT molecular complexity index is 1660. The van der Waals surface area contributed by atoms with E-state index in [1.165, 1.54) is 30.3 Å². The highest BCUT2D eigenvalue weighted by molar-refractivity contribution is 6.40. The second-order valence-corrected chi connectivity index (χ2v) is 8.06. The van der Waals surface area contributed by atoms with E-state index in [1.807, 2.05) is 30.3 Å². The minimum Gasteiger partial charge on any atom is -0.478 e. The second-order valence-electron chi connectivity index (χ2n) is 7.68. The number of carboxylic acids is 1. The molecule has 2 N–H and O–H groups in total. The van der Waals surface area contributed by atoms with Gasteiger partial charge in [-0.05, 0) is 30.3 Å². The summed E-state index contributed by atoms with van der Waals surface area (Å²) in [5.74, 6) is -1.15. The smallest absolute Gasteiger partial charge is 0.337 e. The number of anilines is 2. The molecule has 0 radical (unpaired) electrons. The van der Waals surface area contributed by atoms with E-state index in [-0.39, 0.29) is 30.1 Å². The van der Waals surface area contributed by atoms with Crippen LogP contribution in [0, 0.1) is 20.2 Å². The summed E-state index contributed by atoms with van der Waals surface area (Å²) in [4.78, 5) is 35.9. The molecule has 10 nitrogen and oxygen atoms in total. The number of aromatic carboxylic acids is 1. The Morgan fingerprint density at radius 2 is 1.37 bits per heavy atom. The van der Waals surface area contributed by atoms with Gasteiger partial charge in [0.15, 0.2) is 0 Å². The Balaban J connectivity index is 0.000000205. The number of halogens is 1. The number of benzene rings is 4. The molecule has 1 heterocycles. The van der Waals surface area contributed by atoms with Crippen LogP contribution in [-0.2, 0) is 0 Å². The summed E-state index contributed by atoms with van der Waals surface area (Å²) in [6, 6.07) is 24.4. The van der Waals surface area contributed by atoms with Gasteiger partial charge in [0.1, 0.15) is 0 Å². The molecular weight excluding hydrogens is 512 g/mol. The van der Waals surface area contributed by atoms with Crippen LogP contribution in [0.25, 0.3) is 21.8 Å². The van der Waals surface area contributed by atoms with E-state index in [0.29, 0.717) is 16.2 Å². The predicted octanol–water partition coefficient (Wildman–Crippen LogP) is 7.62. The van der Waals surface area contributed by atoms with Gasteiger partial charge in [-0.25, -0.2) is 9.78 Å². The number of carboxylic acid groups (broad SMARTS) is 1. The third-order valence-electron chi connectivity index (χ3n) is 5.31. The van der Waals surface area contributed by atoms with Crippen molar-refractivity contribution < 1.29 is 19.7 Å². The number of nitro benzene ring substituents is 2. The SMILES string of the molecule is C.O=C(O)c1ccc([N+](=O)[O-])cc1Nc1ccccc1.O=[N+]([O-])c1ccc2c(Cl)c3ccccc3nc2c1. The van der Waals surface area contributed by atoms with E-state index >= 15 is 0 Å². The molecule has 0 aliphatic heterocycles. The maximum Gasteiger partial charge on any atom is 0.337 e. The molecule has 4 aromatic carbocycles. The fourth-order valence-corrected chi connectivity index (χ4v) is 3.88. The third kappa shape index (κ3) is 6.00. The molecule has 0 fully saturated rings. The minimum absolute atomic E-state index is 0. The molecule has 0 aliphatic carbocycles. The Hall–Kier alpha value is -5.09. The number of non-ortho nitro benzene ring substituents is 2. The summed E-state index contributed by atoms with van der Waals surface area (Å²) in [5.41, 5.74) is 1.95. The number of rotatable bonds is 5. The highest BCUT2D eigenvalue weighted by Gasteiger charge is 2.15. The first-order chi connectivity index (χ1) is 17.7. The van der Waals surface area contributed by atoms with Crippen LogP contribution in [0.15, 0.2) is 91.0 Å². The highest BCUT2D eigenvalue weighted by Crippen LogP contribution is 2.32. The van der Waals surface area contributed by atoms with E-state index in [9.17, 15) is 25.0 Å². The first-order valence-corrected chi connectivity index (χ1v) is 11.1. The molecule has 0 atom stereocenters. The largest absolute Gasteiger partial charge is 0.478 e. The summed E-state index contributed by atoms with van der Waals surface area (Å²) in [7, 11) is 0. The van der Waals surface area contributed by atoms with Crippen molar-refractivity contribution in [2.75, 3.05) is 5.32 Å². The van der Waals surface area contributed by atoms with Gasteiger partial charge in [0.25, 0.3) is 11.4 Å². The van der Waals surface area contributed by atoms with Crippen LogP contribution in [0.3, 0.4) is 0 Å². The minimum atomic E-state index is -1.15. The van der Waals surface area contributed by atoms with Crippen molar-refractivity contribution in [3.63, 3.8) is 0 Å². The Labute approximate surface area is 221 Å². The standard InChI is InChI=1S/C13H7ClN2O2.C13H10N2O4.CH4/c14-13-9-3-1-2-4-11(9)15-12-7-8(16(17)18)5-6-10(12)13;16-13(17)11-7-6-10(15(18)19)8-12(11)14-9-4-2-1-3-5-9;/h1-7H;1-8,14H,(H,16,17);1H4. The van der Waals surface area contributed by atoms with Crippen LogP contribution >= 0.6 is 11.6 Å². The van der Waals surface area contributed by atoms with Crippen molar-refractivity contribution in [1.82, 2.24) is 4.98 Å². The molecule has 0 bridgehead atoms. The van der Waals surface area contributed by atoms with Crippen molar-refractivity contribution in [1.29, 1.82) is 0 Å². The summed E-state index contributed by atoms with van der Waals surface area (Å²) in [6.45, 7) is 0. The Morgan fingerprint density at radius 1 is 0.789 bits per heavy atom. The molecule has 192 valence electrons. The number of hydrogen-bond acceptors (Lipinski definition) is 7. The summed E-state index contributed by atoms with van der Waals surface area (Å²) in [6.07, 6.45) is 0. The number of fused-ring (bicyclic) bond motifs is 2.